The summed E-state index contributed by atoms with van der Waals surface area (Å²) in [6.07, 6.45) is 0. The standard InChI is InChI=1S/C34H39NO/c1-24-13-14-26(25-15-17-27(18-16-25)33(2,3)4)23-32(24)36-31-12-10-9-11-30(31)35(8)29-21-19-28(20-22-29)34(5,6)7/h9-23H,1-8H3. The number of rotatable bonds is 5. The van der Waals surface area contributed by atoms with Crippen molar-refractivity contribution in [3.05, 3.63) is 108 Å². The Labute approximate surface area is 217 Å². The molecule has 0 atom stereocenters. The average molecular weight is 478 g/mol. The molecular formula is C34H39NO. The van der Waals surface area contributed by atoms with Crippen molar-refractivity contribution in [2.75, 3.05) is 11.9 Å². The Kier molecular flexibility index (Phi) is 7.00. The van der Waals surface area contributed by atoms with Gasteiger partial charge in [-0.15, -0.1) is 0 Å². The first-order valence-electron chi connectivity index (χ1n) is 12.8. The zero-order chi connectivity index (χ0) is 26.1. The second-order valence-corrected chi connectivity index (χ2v) is 11.7. The van der Waals surface area contributed by atoms with Crippen molar-refractivity contribution >= 4 is 11.4 Å². The smallest absolute Gasteiger partial charge is 0.151 e. The van der Waals surface area contributed by atoms with E-state index in [1.165, 1.54) is 16.7 Å². The highest BCUT2D eigenvalue weighted by Gasteiger charge is 2.17. The van der Waals surface area contributed by atoms with Crippen molar-refractivity contribution in [3.63, 3.8) is 0 Å². The zero-order valence-corrected chi connectivity index (χ0v) is 23.0. The first-order chi connectivity index (χ1) is 16.9. The third-order valence-electron chi connectivity index (χ3n) is 6.84. The van der Waals surface area contributed by atoms with Gasteiger partial charge in [-0.3, -0.25) is 0 Å². The highest BCUT2D eigenvalue weighted by molar-refractivity contribution is 5.71. The number of nitrogens with zero attached hydrogens (tertiary/aromatic N) is 1. The SMILES string of the molecule is Cc1ccc(-c2ccc(C(C)(C)C)cc2)cc1Oc1ccccc1N(C)c1ccc(C(C)(C)C)cc1. The van der Waals surface area contributed by atoms with E-state index < -0.39 is 0 Å². The molecule has 0 aliphatic carbocycles. The lowest BCUT2D eigenvalue weighted by atomic mass is 9.86. The second kappa shape index (κ2) is 9.85. The molecule has 0 aromatic heterocycles. The lowest BCUT2D eigenvalue weighted by Crippen LogP contribution is -2.13. The lowest BCUT2D eigenvalue weighted by molar-refractivity contribution is 0.480. The summed E-state index contributed by atoms with van der Waals surface area (Å²) in [5.74, 6) is 1.71. The van der Waals surface area contributed by atoms with Gasteiger partial charge in [0, 0.05) is 12.7 Å². The highest BCUT2D eigenvalue weighted by atomic mass is 16.5. The predicted octanol–water partition coefficient (Wildman–Crippen LogP) is 9.82. The summed E-state index contributed by atoms with van der Waals surface area (Å²) in [5, 5.41) is 0. The Balaban J connectivity index is 1.62. The van der Waals surface area contributed by atoms with Gasteiger partial charge >= 0.3 is 0 Å². The summed E-state index contributed by atoms with van der Waals surface area (Å²) in [7, 11) is 2.09. The molecule has 0 radical (unpaired) electrons. The molecule has 0 bridgehead atoms. The van der Waals surface area contributed by atoms with Gasteiger partial charge in [0.05, 0.1) is 5.69 Å². The minimum atomic E-state index is 0.133. The fourth-order valence-corrected chi connectivity index (χ4v) is 4.32. The van der Waals surface area contributed by atoms with Gasteiger partial charge in [0.25, 0.3) is 0 Å². The maximum Gasteiger partial charge on any atom is 0.151 e. The molecule has 0 unspecified atom stereocenters. The summed E-state index contributed by atoms with van der Waals surface area (Å²) >= 11 is 0. The minimum absolute atomic E-state index is 0.133. The molecule has 0 aliphatic rings. The van der Waals surface area contributed by atoms with E-state index in [2.05, 4.69) is 139 Å². The van der Waals surface area contributed by atoms with Crippen molar-refractivity contribution in [2.24, 2.45) is 0 Å². The highest BCUT2D eigenvalue weighted by Crippen LogP contribution is 2.38. The number of aryl methyl sites for hydroxylation is 1. The quantitative estimate of drug-likeness (QED) is 0.283. The van der Waals surface area contributed by atoms with Gasteiger partial charge in [0.1, 0.15) is 5.75 Å². The van der Waals surface area contributed by atoms with E-state index in [9.17, 15) is 0 Å². The van der Waals surface area contributed by atoms with Crippen molar-refractivity contribution in [3.8, 4) is 22.6 Å². The number of ether oxygens (including phenoxy) is 1. The molecule has 4 aromatic rings. The van der Waals surface area contributed by atoms with Crippen LogP contribution >= 0.6 is 0 Å². The van der Waals surface area contributed by atoms with Crippen LogP contribution < -0.4 is 9.64 Å². The van der Waals surface area contributed by atoms with Crippen molar-refractivity contribution in [1.82, 2.24) is 0 Å². The normalized spacial score (nSPS) is 11.9. The van der Waals surface area contributed by atoms with Gasteiger partial charge in [-0.05, 0) is 75.9 Å². The summed E-state index contributed by atoms with van der Waals surface area (Å²) in [5.41, 5.74) is 8.54. The van der Waals surface area contributed by atoms with E-state index in [-0.39, 0.29) is 10.8 Å². The molecule has 36 heavy (non-hydrogen) atoms. The van der Waals surface area contributed by atoms with E-state index in [1.54, 1.807) is 0 Å². The molecule has 2 heteroatoms. The van der Waals surface area contributed by atoms with Crippen LogP contribution in [0.3, 0.4) is 0 Å². The van der Waals surface area contributed by atoms with E-state index in [0.29, 0.717) is 0 Å². The molecule has 0 saturated carbocycles. The molecule has 0 heterocycles. The molecule has 0 amide bonds. The van der Waals surface area contributed by atoms with Crippen LogP contribution in [0.5, 0.6) is 11.5 Å². The molecule has 0 saturated heterocycles. The first-order valence-corrected chi connectivity index (χ1v) is 12.8. The van der Waals surface area contributed by atoms with Crippen LogP contribution in [0.1, 0.15) is 58.2 Å². The molecule has 0 fully saturated rings. The number of hydrogen-bond donors (Lipinski definition) is 0. The summed E-state index contributed by atoms with van der Waals surface area (Å²) in [4.78, 5) is 2.19. The second-order valence-electron chi connectivity index (χ2n) is 11.7. The van der Waals surface area contributed by atoms with Crippen molar-refractivity contribution in [1.29, 1.82) is 0 Å². The van der Waals surface area contributed by atoms with Crippen LogP contribution in [0.2, 0.25) is 0 Å². The topological polar surface area (TPSA) is 12.5 Å². The van der Waals surface area contributed by atoms with Crippen LogP contribution in [0.4, 0.5) is 11.4 Å². The third-order valence-corrected chi connectivity index (χ3v) is 6.84. The molecule has 0 aliphatic heterocycles. The number of anilines is 2. The maximum atomic E-state index is 6.56. The summed E-state index contributed by atoms with van der Waals surface area (Å²) < 4.78 is 6.56. The van der Waals surface area contributed by atoms with Gasteiger partial charge < -0.3 is 9.64 Å². The van der Waals surface area contributed by atoms with Crippen LogP contribution in [0, 0.1) is 6.92 Å². The van der Waals surface area contributed by atoms with Crippen LogP contribution in [-0.2, 0) is 10.8 Å². The first kappa shape index (κ1) is 25.6. The van der Waals surface area contributed by atoms with Crippen molar-refractivity contribution in [2.45, 2.75) is 59.3 Å². The lowest BCUT2D eigenvalue weighted by Gasteiger charge is -2.25. The molecular weight excluding hydrogens is 438 g/mol. The number of benzene rings is 4. The van der Waals surface area contributed by atoms with Gasteiger partial charge in [-0.2, -0.15) is 0 Å². The Morgan fingerprint density at radius 3 is 1.69 bits per heavy atom. The summed E-state index contributed by atoms with van der Waals surface area (Å²) in [6.45, 7) is 15.5. The monoisotopic (exact) mass is 477 g/mol. The Hall–Kier alpha value is -3.52. The number of para-hydroxylation sites is 2. The fourth-order valence-electron chi connectivity index (χ4n) is 4.32. The molecule has 2 nitrogen and oxygen atoms in total. The summed E-state index contributed by atoms with van der Waals surface area (Å²) in [6, 6.07) is 32.4. The van der Waals surface area contributed by atoms with Gasteiger partial charge in [-0.1, -0.05) is 102 Å². The van der Waals surface area contributed by atoms with Gasteiger partial charge in [0.2, 0.25) is 0 Å². The number of hydrogen-bond acceptors (Lipinski definition) is 2. The molecule has 186 valence electrons. The largest absolute Gasteiger partial charge is 0.455 e. The zero-order valence-electron chi connectivity index (χ0n) is 23.0. The van der Waals surface area contributed by atoms with E-state index in [0.717, 1.165) is 34.0 Å². The van der Waals surface area contributed by atoms with Crippen LogP contribution in [-0.4, -0.2) is 7.05 Å². The fraction of sp³-hybridized carbons (Fsp3) is 0.294. The third kappa shape index (κ3) is 5.65. The van der Waals surface area contributed by atoms with Crippen molar-refractivity contribution < 1.29 is 4.74 Å². The molecule has 4 aromatic carbocycles. The average Bonchev–Trinajstić information content (AvgIpc) is 2.84. The Morgan fingerprint density at radius 2 is 1.11 bits per heavy atom. The van der Waals surface area contributed by atoms with E-state index in [4.69, 9.17) is 4.74 Å². The van der Waals surface area contributed by atoms with E-state index >= 15 is 0 Å². The van der Waals surface area contributed by atoms with Gasteiger partial charge in [-0.25, -0.2) is 0 Å². The molecule has 0 N–H and O–H groups in total. The molecule has 4 rings (SSSR count). The van der Waals surface area contributed by atoms with Gasteiger partial charge in [0.15, 0.2) is 5.75 Å². The minimum Gasteiger partial charge on any atom is -0.455 e. The maximum absolute atomic E-state index is 6.56. The molecule has 0 spiro atoms. The Morgan fingerprint density at radius 1 is 0.583 bits per heavy atom. The predicted molar refractivity (Wildman–Crippen MR) is 155 cm³/mol. The Bertz CT molecular complexity index is 1320. The van der Waals surface area contributed by atoms with E-state index in [1.807, 2.05) is 12.1 Å². The van der Waals surface area contributed by atoms with Crippen LogP contribution in [0.25, 0.3) is 11.1 Å². The van der Waals surface area contributed by atoms with Crippen LogP contribution in [0.15, 0.2) is 91.0 Å².